The van der Waals surface area contributed by atoms with Crippen molar-refractivity contribution in [3.8, 4) is 17.2 Å². The molecule has 152 valence electrons. The molecule has 2 aromatic carbocycles. The average molecular weight is 392 g/mol. The number of ether oxygens (including phenoxy) is 3. The fourth-order valence-electron chi connectivity index (χ4n) is 2.86. The first kappa shape index (κ1) is 20.5. The predicted molar refractivity (Wildman–Crippen MR) is 116 cm³/mol. The Morgan fingerprint density at radius 2 is 1.69 bits per heavy atom. The van der Waals surface area contributed by atoms with Crippen LogP contribution in [0.5, 0.6) is 17.2 Å². The van der Waals surface area contributed by atoms with E-state index in [4.69, 9.17) is 14.2 Å². The van der Waals surface area contributed by atoms with Gasteiger partial charge in [0.25, 0.3) is 0 Å². The molecule has 1 N–H and O–H groups in total. The summed E-state index contributed by atoms with van der Waals surface area (Å²) in [4.78, 5) is 4.27. The lowest BCUT2D eigenvalue weighted by Crippen LogP contribution is -2.10. The van der Waals surface area contributed by atoms with Gasteiger partial charge in [-0.3, -0.25) is 0 Å². The topological polar surface area (TPSA) is 52.6 Å². The van der Waals surface area contributed by atoms with Gasteiger partial charge in [0.15, 0.2) is 11.5 Å². The van der Waals surface area contributed by atoms with Crippen molar-refractivity contribution < 1.29 is 14.2 Å². The first-order valence-electron chi connectivity index (χ1n) is 9.83. The van der Waals surface area contributed by atoms with Crippen molar-refractivity contribution in [2.24, 2.45) is 0 Å². The maximum Gasteiger partial charge on any atom is 0.161 e. The average Bonchev–Trinajstić information content (AvgIpc) is 2.76. The van der Waals surface area contributed by atoms with Crippen molar-refractivity contribution in [2.45, 2.75) is 26.3 Å². The Morgan fingerprint density at radius 3 is 2.38 bits per heavy atom. The molecule has 5 nitrogen and oxygen atoms in total. The van der Waals surface area contributed by atoms with Gasteiger partial charge in [0, 0.05) is 12.7 Å². The van der Waals surface area contributed by atoms with Gasteiger partial charge in [-0.15, -0.1) is 0 Å². The Bertz CT molecular complexity index is 880. The van der Waals surface area contributed by atoms with Gasteiger partial charge in [-0.05, 0) is 53.4 Å². The second-order valence-corrected chi connectivity index (χ2v) is 6.97. The Hall–Kier alpha value is -3.21. The van der Waals surface area contributed by atoms with Gasteiger partial charge in [0.1, 0.15) is 24.8 Å². The summed E-state index contributed by atoms with van der Waals surface area (Å²) in [5, 5.41) is 3.29. The van der Waals surface area contributed by atoms with Gasteiger partial charge in [0.05, 0.1) is 7.11 Å². The van der Waals surface area contributed by atoms with E-state index in [1.54, 1.807) is 13.3 Å². The summed E-state index contributed by atoms with van der Waals surface area (Å²) >= 11 is 0. The number of nitrogens with zero attached hydrogens (tertiary/aromatic N) is 1. The fraction of sp³-hybridized carbons (Fsp3) is 0.292. The van der Waals surface area contributed by atoms with Crippen LogP contribution in [-0.2, 0) is 6.54 Å². The molecule has 0 fully saturated rings. The van der Waals surface area contributed by atoms with Crippen molar-refractivity contribution in [3.63, 3.8) is 0 Å². The molecule has 0 amide bonds. The van der Waals surface area contributed by atoms with Gasteiger partial charge in [-0.25, -0.2) is 4.98 Å². The SMILES string of the molecule is COc1ccc(CNc2ccccn2)cc1OCCOc1ccc(C(C)C)cc1. The molecule has 0 saturated heterocycles. The molecule has 0 unspecified atom stereocenters. The molecule has 29 heavy (non-hydrogen) atoms. The number of aromatic nitrogens is 1. The molecule has 0 radical (unpaired) electrons. The number of anilines is 1. The van der Waals surface area contributed by atoms with Crippen LogP contribution >= 0.6 is 0 Å². The number of methoxy groups -OCH3 is 1. The van der Waals surface area contributed by atoms with E-state index in [1.807, 2.05) is 48.5 Å². The van der Waals surface area contributed by atoms with Crippen LogP contribution < -0.4 is 19.5 Å². The Morgan fingerprint density at radius 1 is 0.897 bits per heavy atom. The lowest BCUT2D eigenvalue weighted by molar-refractivity contribution is 0.211. The number of pyridine rings is 1. The van der Waals surface area contributed by atoms with E-state index in [2.05, 4.69) is 36.3 Å². The van der Waals surface area contributed by atoms with Crippen molar-refractivity contribution in [2.75, 3.05) is 25.6 Å². The Balaban J connectivity index is 1.52. The van der Waals surface area contributed by atoms with Crippen molar-refractivity contribution in [1.82, 2.24) is 4.98 Å². The molecule has 3 aromatic rings. The van der Waals surface area contributed by atoms with Gasteiger partial charge < -0.3 is 19.5 Å². The van der Waals surface area contributed by atoms with E-state index in [-0.39, 0.29) is 0 Å². The van der Waals surface area contributed by atoms with Crippen LogP contribution in [0.25, 0.3) is 0 Å². The highest BCUT2D eigenvalue weighted by molar-refractivity contribution is 5.44. The summed E-state index contributed by atoms with van der Waals surface area (Å²) < 4.78 is 17.1. The summed E-state index contributed by atoms with van der Waals surface area (Å²) in [6.45, 7) is 5.89. The number of hydrogen-bond donors (Lipinski definition) is 1. The summed E-state index contributed by atoms with van der Waals surface area (Å²) in [5.74, 6) is 3.60. The second-order valence-electron chi connectivity index (χ2n) is 6.97. The van der Waals surface area contributed by atoms with Crippen LogP contribution in [0.15, 0.2) is 66.9 Å². The zero-order valence-corrected chi connectivity index (χ0v) is 17.2. The first-order valence-corrected chi connectivity index (χ1v) is 9.83. The third kappa shape index (κ3) is 6.14. The Kier molecular flexibility index (Phi) is 7.34. The minimum atomic E-state index is 0.430. The van der Waals surface area contributed by atoms with Crippen molar-refractivity contribution >= 4 is 5.82 Å². The van der Waals surface area contributed by atoms with Gasteiger partial charge >= 0.3 is 0 Å². The second kappa shape index (κ2) is 10.4. The van der Waals surface area contributed by atoms with Crippen LogP contribution in [0.3, 0.4) is 0 Å². The summed E-state index contributed by atoms with van der Waals surface area (Å²) in [6, 6.07) is 19.9. The molecule has 0 saturated carbocycles. The zero-order valence-electron chi connectivity index (χ0n) is 17.2. The molecular formula is C24H28N2O3. The first-order chi connectivity index (χ1) is 14.2. The molecule has 5 heteroatoms. The molecular weight excluding hydrogens is 364 g/mol. The molecule has 1 aromatic heterocycles. The lowest BCUT2D eigenvalue weighted by Gasteiger charge is -2.14. The van der Waals surface area contributed by atoms with Gasteiger partial charge in [-0.1, -0.05) is 38.1 Å². The highest BCUT2D eigenvalue weighted by Gasteiger charge is 2.07. The minimum Gasteiger partial charge on any atom is -0.493 e. The fourth-order valence-corrected chi connectivity index (χ4v) is 2.86. The third-order valence-corrected chi connectivity index (χ3v) is 4.52. The zero-order chi connectivity index (χ0) is 20.5. The molecule has 0 aliphatic heterocycles. The van der Waals surface area contributed by atoms with Crippen molar-refractivity contribution in [1.29, 1.82) is 0 Å². The van der Waals surface area contributed by atoms with Crippen LogP contribution in [0, 0.1) is 0 Å². The van der Waals surface area contributed by atoms with Crippen LogP contribution in [-0.4, -0.2) is 25.3 Å². The highest BCUT2D eigenvalue weighted by atomic mass is 16.5. The summed E-state index contributed by atoms with van der Waals surface area (Å²) in [6.07, 6.45) is 1.77. The van der Waals surface area contributed by atoms with Crippen LogP contribution in [0.1, 0.15) is 30.9 Å². The molecule has 0 atom stereocenters. The maximum atomic E-state index is 5.91. The summed E-state index contributed by atoms with van der Waals surface area (Å²) in [7, 11) is 1.64. The van der Waals surface area contributed by atoms with Crippen molar-refractivity contribution in [3.05, 3.63) is 78.0 Å². The van der Waals surface area contributed by atoms with Crippen LogP contribution in [0.2, 0.25) is 0 Å². The smallest absolute Gasteiger partial charge is 0.161 e. The van der Waals surface area contributed by atoms with Gasteiger partial charge in [0.2, 0.25) is 0 Å². The molecule has 0 aliphatic carbocycles. The largest absolute Gasteiger partial charge is 0.493 e. The normalized spacial score (nSPS) is 10.6. The molecule has 3 rings (SSSR count). The number of nitrogens with one attached hydrogen (secondary N) is 1. The van der Waals surface area contributed by atoms with E-state index in [0.29, 0.717) is 37.2 Å². The molecule has 1 heterocycles. The highest BCUT2D eigenvalue weighted by Crippen LogP contribution is 2.28. The number of benzene rings is 2. The standard InChI is InChI=1S/C24H28N2O3/c1-18(2)20-8-10-21(11-9-20)28-14-15-29-23-16-19(7-12-22(23)27-3)17-26-24-6-4-5-13-25-24/h4-13,16,18H,14-15,17H2,1-3H3,(H,25,26). The number of rotatable bonds is 10. The van der Waals surface area contributed by atoms with E-state index >= 15 is 0 Å². The monoisotopic (exact) mass is 392 g/mol. The Labute approximate surface area is 172 Å². The van der Waals surface area contributed by atoms with E-state index in [9.17, 15) is 0 Å². The minimum absolute atomic E-state index is 0.430. The number of hydrogen-bond acceptors (Lipinski definition) is 5. The van der Waals surface area contributed by atoms with Crippen LogP contribution in [0.4, 0.5) is 5.82 Å². The molecule has 0 bridgehead atoms. The van der Waals surface area contributed by atoms with E-state index in [1.165, 1.54) is 5.56 Å². The maximum absolute atomic E-state index is 5.91. The molecule has 0 aliphatic rings. The predicted octanol–water partition coefficient (Wildman–Crippen LogP) is 5.28. The lowest BCUT2D eigenvalue weighted by atomic mass is 10.0. The summed E-state index contributed by atoms with van der Waals surface area (Å²) in [5.41, 5.74) is 2.38. The molecule has 0 spiro atoms. The van der Waals surface area contributed by atoms with E-state index < -0.39 is 0 Å². The van der Waals surface area contributed by atoms with E-state index in [0.717, 1.165) is 17.1 Å². The quantitative estimate of drug-likeness (QED) is 0.476. The van der Waals surface area contributed by atoms with Gasteiger partial charge in [-0.2, -0.15) is 0 Å². The third-order valence-electron chi connectivity index (χ3n) is 4.52.